The Bertz CT molecular complexity index is 252. The van der Waals surface area contributed by atoms with Crippen molar-refractivity contribution in [3.8, 4) is 0 Å². The van der Waals surface area contributed by atoms with Crippen molar-refractivity contribution in [2.24, 2.45) is 23.3 Å². The highest BCUT2D eigenvalue weighted by Gasteiger charge is 2.32. The fourth-order valence-electron chi connectivity index (χ4n) is 2.23. The van der Waals surface area contributed by atoms with E-state index in [0.717, 1.165) is 38.5 Å². The molecule has 2 atom stereocenters. The van der Waals surface area contributed by atoms with Gasteiger partial charge in [0.1, 0.15) is 0 Å². The van der Waals surface area contributed by atoms with Crippen molar-refractivity contribution in [1.29, 1.82) is 0 Å². The van der Waals surface area contributed by atoms with Crippen LogP contribution < -0.4 is 22.1 Å². The second-order valence-electron chi connectivity index (χ2n) is 7.56. The lowest BCUT2D eigenvalue weighted by molar-refractivity contribution is 0.489. The lowest BCUT2D eigenvalue weighted by Gasteiger charge is -2.34. The Kier molecular flexibility index (Phi) is 10.2. The van der Waals surface area contributed by atoms with Gasteiger partial charge in [-0.25, -0.2) is 0 Å². The number of nitrogens with two attached hydrogens (primary N) is 2. The maximum atomic E-state index is 6.55. The van der Waals surface area contributed by atoms with Gasteiger partial charge in [0.15, 0.2) is 16.6 Å². The zero-order valence-electron chi connectivity index (χ0n) is 15.0. The van der Waals surface area contributed by atoms with E-state index in [1.165, 1.54) is 0 Å². The summed E-state index contributed by atoms with van der Waals surface area (Å²) in [7, 11) is -3.32. The van der Waals surface area contributed by atoms with E-state index in [2.05, 4.69) is 50.7 Å². The molecule has 0 saturated heterocycles. The van der Waals surface area contributed by atoms with Gasteiger partial charge < -0.3 is 26.2 Å². The third-order valence-electron chi connectivity index (χ3n) is 3.44. The number of hydrogen-bond acceptors (Lipinski definition) is 5. The van der Waals surface area contributed by atoms with E-state index in [4.69, 9.17) is 15.6 Å². The Hall–Kier alpha value is 0.234. The van der Waals surface area contributed by atoms with Crippen LogP contribution in [0.4, 0.5) is 0 Å². The van der Waals surface area contributed by atoms with Gasteiger partial charge in [-0.05, 0) is 64.2 Å². The summed E-state index contributed by atoms with van der Waals surface area (Å²) in [6.07, 6.45) is 1.99. The summed E-state index contributed by atoms with van der Waals surface area (Å²) in [4.78, 5) is 0. The Morgan fingerprint density at radius 1 is 0.810 bits per heavy atom. The van der Waals surface area contributed by atoms with E-state index in [1.807, 2.05) is 0 Å². The van der Waals surface area contributed by atoms with Crippen LogP contribution in [-0.2, 0) is 4.12 Å². The van der Waals surface area contributed by atoms with Crippen molar-refractivity contribution in [2.45, 2.75) is 40.0 Å². The van der Waals surface area contributed by atoms with Crippen molar-refractivity contribution >= 4 is 16.6 Å². The fourth-order valence-corrected chi connectivity index (χ4v) is 10.3. The number of nitrogens with one attached hydrogen (secondary N) is 2. The first-order chi connectivity index (χ1) is 9.62. The van der Waals surface area contributed by atoms with Crippen molar-refractivity contribution in [3.63, 3.8) is 0 Å². The van der Waals surface area contributed by atoms with Crippen LogP contribution in [0.2, 0.25) is 26.2 Å². The molecule has 0 spiro atoms. The van der Waals surface area contributed by atoms with E-state index >= 15 is 0 Å². The fraction of sp³-hybridized carbons (Fsp3) is 1.00. The molecule has 0 rings (SSSR count). The lowest BCUT2D eigenvalue weighted by atomic mass is 10.2. The molecule has 0 heterocycles. The summed E-state index contributed by atoms with van der Waals surface area (Å²) in [5.74, 6) is 1.05. The smallest absolute Gasteiger partial charge is 0.187 e. The Morgan fingerprint density at radius 2 is 1.14 bits per heavy atom. The third-order valence-corrected chi connectivity index (χ3v) is 10.1. The van der Waals surface area contributed by atoms with E-state index in [9.17, 15) is 0 Å². The standard InChI is InChI=1S/C14H38N4OSi2/c1-13(7-15)9-17-11-20(3,4)19-21(5,6)12-18-10-14(2)8-16/h13-14,17-18H,7-12,15-16H2,1-6H3. The molecule has 6 N–H and O–H groups in total. The highest BCUT2D eigenvalue weighted by atomic mass is 28.4. The molecule has 2 unspecified atom stereocenters. The predicted molar refractivity (Wildman–Crippen MR) is 98.2 cm³/mol. The second kappa shape index (κ2) is 10.1. The molecule has 0 aliphatic heterocycles. The molecule has 7 heteroatoms. The van der Waals surface area contributed by atoms with Gasteiger partial charge in [-0.1, -0.05) is 13.8 Å². The lowest BCUT2D eigenvalue weighted by Crippen LogP contribution is -2.55. The molecular weight excluding hydrogens is 296 g/mol. The summed E-state index contributed by atoms with van der Waals surface area (Å²) in [5, 5.41) is 7.05. The SMILES string of the molecule is CC(CN)CNC[Si](C)(C)O[Si](C)(C)CNCC(C)CN. The van der Waals surface area contributed by atoms with E-state index < -0.39 is 16.6 Å². The van der Waals surface area contributed by atoms with Crippen molar-refractivity contribution in [1.82, 2.24) is 10.6 Å². The molecular formula is C14H38N4OSi2. The van der Waals surface area contributed by atoms with Gasteiger partial charge in [0.2, 0.25) is 0 Å². The largest absolute Gasteiger partial charge is 0.454 e. The predicted octanol–water partition coefficient (Wildman–Crippen LogP) is 0.860. The molecule has 0 aromatic heterocycles. The topological polar surface area (TPSA) is 85.3 Å². The van der Waals surface area contributed by atoms with Gasteiger partial charge in [-0.3, -0.25) is 0 Å². The highest BCUT2D eigenvalue weighted by molar-refractivity contribution is 6.85. The first kappa shape index (κ1) is 21.2. The van der Waals surface area contributed by atoms with Crippen LogP contribution in [0.1, 0.15) is 13.8 Å². The molecule has 0 bridgehead atoms. The summed E-state index contributed by atoms with van der Waals surface area (Å²) >= 11 is 0. The minimum Gasteiger partial charge on any atom is -0.454 e. The maximum Gasteiger partial charge on any atom is 0.187 e. The Balaban J connectivity index is 4.09. The zero-order valence-corrected chi connectivity index (χ0v) is 17.0. The van der Waals surface area contributed by atoms with Crippen molar-refractivity contribution in [3.05, 3.63) is 0 Å². The normalized spacial score (nSPS) is 16.0. The number of rotatable bonds is 12. The minimum atomic E-state index is -1.66. The quantitative estimate of drug-likeness (QED) is 0.398. The minimum absolute atomic E-state index is 0.527. The van der Waals surface area contributed by atoms with Crippen LogP contribution >= 0.6 is 0 Å². The Morgan fingerprint density at radius 3 is 1.43 bits per heavy atom. The van der Waals surface area contributed by atoms with Gasteiger partial charge in [0.05, 0.1) is 0 Å². The molecule has 0 aliphatic carbocycles. The van der Waals surface area contributed by atoms with Crippen LogP contribution in [0.15, 0.2) is 0 Å². The molecule has 0 saturated carbocycles. The van der Waals surface area contributed by atoms with Crippen LogP contribution in [0.25, 0.3) is 0 Å². The third kappa shape index (κ3) is 11.5. The van der Waals surface area contributed by atoms with E-state index in [0.29, 0.717) is 11.8 Å². The summed E-state index contributed by atoms with van der Waals surface area (Å²) in [5.41, 5.74) is 11.3. The summed E-state index contributed by atoms with van der Waals surface area (Å²) < 4.78 is 6.55. The van der Waals surface area contributed by atoms with Gasteiger partial charge in [0.25, 0.3) is 0 Å². The van der Waals surface area contributed by atoms with Crippen LogP contribution in [0.5, 0.6) is 0 Å². The maximum absolute atomic E-state index is 6.55. The monoisotopic (exact) mass is 334 g/mol. The van der Waals surface area contributed by atoms with E-state index in [-0.39, 0.29) is 0 Å². The van der Waals surface area contributed by atoms with Gasteiger partial charge in [-0.2, -0.15) is 0 Å². The average molecular weight is 335 g/mol. The average Bonchev–Trinajstić information content (AvgIpc) is 2.36. The summed E-state index contributed by atoms with van der Waals surface area (Å²) in [6.45, 7) is 16.9. The van der Waals surface area contributed by atoms with E-state index in [1.54, 1.807) is 0 Å². The van der Waals surface area contributed by atoms with Crippen LogP contribution in [0.3, 0.4) is 0 Å². The molecule has 0 aromatic rings. The molecule has 0 amide bonds. The van der Waals surface area contributed by atoms with Gasteiger partial charge >= 0.3 is 0 Å². The molecule has 5 nitrogen and oxygen atoms in total. The van der Waals surface area contributed by atoms with Crippen molar-refractivity contribution < 1.29 is 4.12 Å². The molecule has 0 aliphatic rings. The molecule has 128 valence electrons. The molecule has 0 fully saturated rings. The van der Waals surface area contributed by atoms with Crippen LogP contribution in [-0.4, -0.2) is 55.1 Å². The summed E-state index contributed by atoms with van der Waals surface area (Å²) in [6, 6.07) is 0. The van der Waals surface area contributed by atoms with Crippen molar-refractivity contribution in [2.75, 3.05) is 38.5 Å². The highest BCUT2D eigenvalue weighted by Crippen LogP contribution is 2.13. The van der Waals surface area contributed by atoms with Crippen LogP contribution in [0, 0.1) is 11.8 Å². The molecule has 0 aromatic carbocycles. The van der Waals surface area contributed by atoms with Gasteiger partial charge in [-0.15, -0.1) is 0 Å². The first-order valence-corrected chi connectivity index (χ1v) is 14.4. The second-order valence-corrected chi connectivity index (χ2v) is 16.1. The van der Waals surface area contributed by atoms with Gasteiger partial charge in [0, 0.05) is 12.3 Å². The first-order valence-electron chi connectivity index (χ1n) is 8.13. The zero-order chi connectivity index (χ0) is 16.5. The number of hydrogen-bond donors (Lipinski definition) is 4. The molecule has 21 heavy (non-hydrogen) atoms. The Labute approximate surface area is 133 Å². The molecule has 0 radical (unpaired) electrons.